The predicted octanol–water partition coefficient (Wildman–Crippen LogP) is 0.996. The lowest BCUT2D eigenvalue weighted by atomic mass is 10.4. The Bertz CT molecular complexity index is 128. The number of nitrogens with one attached hydrogen (secondary N) is 1. The van der Waals surface area contributed by atoms with Gasteiger partial charge in [-0.05, 0) is 6.92 Å². The summed E-state index contributed by atoms with van der Waals surface area (Å²) in [5, 5.41) is 8.12. The maximum Gasteiger partial charge on any atom is 0.0940 e. The Morgan fingerprint density at radius 3 is 3.10 bits per heavy atom. The summed E-state index contributed by atoms with van der Waals surface area (Å²) in [4.78, 5) is 4.97. The molecule has 0 saturated heterocycles. The van der Waals surface area contributed by atoms with Crippen LogP contribution in [-0.2, 0) is 4.84 Å². The molecule has 1 atom stereocenters. The van der Waals surface area contributed by atoms with E-state index >= 15 is 0 Å². The summed E-state index contributed by atoms with van der Waals surface area (Å²) < 4.78 is 0. The molecule has 0 aromatic rings. The molecule has 0 fully saturated rings. The van der Waals surface area contributed by atoms with Crippen molar-refractivity contribution in [3.05, 3.63) is 12.7 Å². The molecule has 0 spiro atoms. The van der Waals surface area contributed by atoms with Crippen molar-refractivity contribution in [2.75, 3.05) is 6.54 Å². The summed E-state index contributed by atoms with van der Waals surface area (Å²) in [6.45, 7) is 5.96. The van der Waals surface area contributed by atoms with Crippen molar-refractivity contribution in [3.63, 3.8) is 0 Å². The van der Waals surface area contributed by atoms with Crippen LogP contribution in [0.3, 0.4) is 0 Å². The Labute approximate surface area is 61.2 Å². The topological polar surface area (TPSA) is 45.0 Å². The van der Waals surface area contributed by atoms with Crippen molar-refractivity contribution >= 4 is 0 Å². The molecular formula is C7H12N2O. The third kappa shape index (κ3) is 5.29. The van der Waals surface area contributed by atoms with Gasteiger partial charge in [0.25, 0.3) is 0 Å². The van der Waals surface area contributed by atoms with Crippen molar-refractivity contribution in [2.24, 2.45) is 0 Å². The second-order valence-electron chi connectivity index (χ2n) is 1.86. The number of hydroxylamine groups is 1. The summed E-state index contributed by atoms with van der Waals surface area (Å²) in [7, 11) is 0. The van der Waals surface area contributed by atoms with Gasteiger partial charge in [-0.25, -0.2) is 5.48 Å². The average molecular weight is 140 g/mol. The fourth-order valence-corrected chi connectivity index (χ4v) is 0.345. The van der Waals surface area contributed by atoms with E-state index < -0.39 is 0 Å². The highest BCUT2D eigenvalue weighted by molar-refractivity contribution is 4.74. The van der Waals surface area contributed by atoms with Crippen LogP contribution in [-0.4, -0.2) is 12.6 Å². The third-order valence-electron chi connectivity index (χ3n) is 0.940. The van der Waals surface area contributed by atoms with Gasteiger partial charge < -0.3 is 0 Å². The molecule has 1 N–H and O–H groups in total. The molecule has 0 aliphatic heterocycles. The van der Waals surface area contributed by atoms with Crippen molar-refractivity contribution in [2.45, 2.75) is 19.4 Å². The molecule has 0 heterocycles. The minimum Gasteiger partial charge on any atom is -0.295 e. The van der Waals surface area contributed by atoms with Crippen LogP contribution in [0.25, 0.3) is 0 Å². The lowest BCUT2D eigenvalue weighted by Crippen LogP contribution is -2.20. The zero-order valence-corrected chi connectivity index (χ0v) is 6.13. The van der Waals surface area contributed by atoms with E-state index in [0.29, 0.717) is 13.0 Å². The van der Waals surface area contributed by atoms with Gasteiger partial charge in [0, 0.05) is 13.0 Å². The first-order valence-electron chi connectivity index (χ1n) is 3.19. The summed E-state index contributed by atoms with van der Waals surface area (Å²) in [5.41, 5.74) is 2.64. The van der Waals surface area contributed by atoms with Gasteiger partial charge in [-0.15, -0.1) is 6.58 Å². The van der Waals surface area contributed by atoms with Gasteiger partial charge in [-0.1, -0.05) is 6.08 Å². The zero-order chi connectivity index (χ0) is 7.82. The number of nitriles is 1. The molecule has 0 rings (SSSR count). The standard InChI is InChI=1S/C7H12N2O/c1-3-7(2)10-9-6-4-5-8/h3,7,9H,1,4,6H2,2H3. The van der Waals surface area contributed by atoms with E-state index in [1.54, 1.807) is 6.08 Å². The smallest absolute Gasteiger partial charge is 0.0940 e. The van der Waals surface area contributed by atoms with Gasteiger partial charge >= 0.3 is 0 Å². The molecule has 0 saturated carbocycles. The molecule has 56 valence electrons. The quantitative estimate of drug-likeness (QED) is 0.352. The highest BCUT2D eigenvalue weighted by atomic mass is 16.7. The normalized spacial score (nSPS) is 12.0. The molecule has 0 aromatic carbocycles. The van der Waals surface area contributed by atoms with Crippen molar-refractivity contribution < 1.29 is 4.84 Å². The maximum absolute atomic E-state index is 8.12. The first-order chi connectivity index (χ1) is 4.81. The van der Waals surface area contributed by atoms with E-state index in [1.807, 2.05) is 13.0 Å². The molecule has 0 amide bonds. The Morgan fingerprint density at radius 1 is 1.90 bits per heavy atom. The molecule has 3 heteroatoms. The molecule has 0 bridgehead atoms. The van der Waals surface area contributed by atoms with E-state index in [4.69, 9.17) is 10.1 Å². The van der Waals surface area contributed by atoms with Crippen LogP contribution in [0, 0.1) is 11.3 Å². The Kier molecular flexibility index (Phi) is 5.74. The lowest BCUT2D eigenvalue weighted by Gasteiger charge is -2.06. The molecule has 3 nitrogen and oxygen atoms in total. The first-order valence-corrected chi connectivity index (χ1v) is 3.19. The maximum atomic E-state index is 8.12. The second kappa shape index (κ2) is 6.27. The van der Waals surface area contributed by atoms with Gasteiger partial charge in [0.05, 0.1) is 12.2 Å². The van der Waals surface area contributed by atoms with Crippen LogP contribution < -0.4 is 5.48 Å². The largest absolute Gasteiger partial charge is 0.295 e. The van der Waals surface area contributed by atoms with Crippen molar-refractivity contribution in [1.82, 2.24) is 5.48 Å². The van der Waals surface area contributed by atoms with E-state index in [0.717, 1.165) is 0 Å². The molecule has 0 aliphatic carbocycles. The zero-order valence-electron chi connectivity index (χ0n) is 6.13. The van der Waals surface area contributed by atoms with Crippen molar-refractivity contribution in [3.8, 4) is 6.07 Å². The molecule has 0 aromatic heterocycles. The van der Waals surface area contributed by atoms with E-state index in [2.05, 4.69) is 12.1 Å². The summed E-state index contributed by atoms with van der Waals surface area (Å²) >= 11 is 0. The Hall–Kier alpha value is -0.850. The minimum absolute atomic E-state index is 0.00121. The first kappa shape index (κ1) is 9.15. The number of hydrogen-bond donors (Lipinski definition) is 1. The van der Waals surface area contributed by atoms with E-state index in [-0.39, 0.29) is 6.10 Å². The van der Waals surface area contributed by atoms with Crippen LogP contribution in [0.1, 0.15) is 13.3 Å². The third-order valence-corrected chi connectivity index (χ3v) is 0.940. The van der Waals surface area contributed by atoms with Crippen LogP contribution in [0.4, 0.5) is 0 Å². The van der Waals surface area contributed by atoms with Crippen LogP contribution in [0.5, 0.6) is 0 Å². The molecule has 1 unspecified atom stereocenters. The van der Waals surface area contributed by atoms with Gasteiger partial charge in [0.2, 0.25) is 0 Å². The van der Waals surface area contributed by atoms with Gasteiger partial charge in [-0.2, -0.15) is 5.26 Å². The Balaban J connectivity index is 3.05. The fourth-order valence-electron chi connectivity index (χ4n) is 0.345. The summed E-state index contributed by atoms with van der Waals surface area (Å²) in [6.07, 6.45) is 2.14. The summed E-state index contributed by atoms with van der Waals surface area (Å²) in [5.74, 6) is 0. The highest BCUT2D eigenvalue weighted by Gasteiger charge is 1.92. The van der Waals surface area contributed by atoms with Crippen LogP contribution in [0.2, 0.25) is 0 Å². The highest BCUT2D eigenvalue weighted by Crippen LogP contribution is 1.85. The van der Waals surface area contributed by atoms with Gasteiger partial charge in [0.15, 0.2) is 0 Å². The van der Waals surface area contributed by atoms with E-state index in [1.165, 1.54) is 0 Å². The van der Waals surface area contributed by atoms with Gasteiger partial charge in [0.1, 0.15) is 0 Å². The van der Waals surface area contributed by atoms with E-state index in [9.17, 15) is 0 Å². The van der Waals surface area contributed by atoms with Crippen LogP contribution >= 0.6 is 0 Å². The minimum atomic E-state index is -0.00121. The number of nitrogens with zero attached hydrogens (tertiary/aromatic N) is 1. The second-order valence-corrected chi connectivity index (χ2v) is 1.86. The molecule has 0 radical (unpaired) electrons. The predicted molar refractivity (Wildman–Crippen MR) is 39.0 cm³/mol. The number of hydrogen-bond acceptors (Lipinski definition) is 3. The Morgan fingerprint density at radius 2 is 2.60 bits per heavy atom. The number of rotatable bonds is 5. The monoisotopic (exact) mass is 140 g/mol. The SMILES string of the molecule is C=CC(C)ONCCC#N. The van der Waals surface area contributed by atoms with Crippen molar-refractivity contribution in [1.29, 1.82) is 5.26 Å². The average Bonchev–Trinajstić information content (AvgIpc) is 1.98. The lowest BCUT2D eigenvalue weighted by molar-refractivity contribution is 0.0116. The summed E-state index contributed by atoms with van der Waals surface area (Å²) in [6, 6.07) is 1.99. The molecular weight excluding hydrogens is 128 g/mol. The van der Waals surface area contributed by atoms with Crippen LogP contribution in [0.15, 0.2) is 12.7 Å². The molecule has 0 aliphatic rings. The fraction of sp³-hybridized carbons (Fsp3) is 0.571. The van der Waals surface area contributed by atoms with Gasteiger partial charge in [-0.3, -0.25) is 4.84 Å². The molecule has 10 heavy (non-hydrogen) atoms.